The van der Waals surface area contributed by atoms with Crippen LogP contribution in [0.2, 0.25) is 0 Å². The molecular weight excluding hydrogens is 422 g/mol. The zero-order valence-corrected chi connectivity index (χ0v) is 18.7. The van der Waals surface area contributed by atoms with E-state index in [1.54, 1.807) is 7.05 Å². The van der Waals surface area contributed by atoms with Gasteiger partial charge in [0.05, 0.1) is 17.5 Å². The molecular formula is C21H24F2N6OS. The second-order valence-electron chi connectivity index (χ2n) is 8.24. The summed E-state index contributed by atoms with van der Waals surface area (Å²) < 4.78 is 28.1. The molecule has 0 fully saturated rings. The molecule has 2 heterocycles. The monoisotopic (exact) mass is 446 g/mol. The van der Waals surface area contributed by atoms with Gasteiger partial charge in [-0.1, -0.05) is 20.8 Å². The van der Waals surface area contributed by atoms with Crippen molar-refractivity contribution >= 4 is 40.8 Å². The molecule has 1 atom stereocenters. The molecule has 31 heavy (non-hydrogen) atoms. The highest BCUT2D eigenvalue weighted by molar-refractivity contribution is 7.92. The van der Waals surface area contributed by atoms with Crippen molar-refractivity contribution in [1.29, 1.82) is 5.41 Å². The van der Waals surface area contributed by atoms with E-state index in [4.69, 9.17) is 5.41 Å². The van der Waals surface area contributed by atoms with Crippen molar-refractivity contribution in [1.82, 2.24) is 19.3 Å². The van der Waals surface area contributed by atoms with Gasteiger partial charge in [0.15, 0.2) is 18.0 Å². The van der Waals surface area contributed by atoms with Crippen molar-refractivity contribution in [2.75, 3.05) is 12.4 Å². The first kappa shape index (κ1) is 22.7. The summed E-state index contributed by atoms with van der Waals surface area (Å²) in [4.78, 5) is 21.6. The summed E-state index contributed by atoms with van der Waals surface area (Å²) in [5.41, 5.74) is 1.35. The number of halogens is 2. The molecule has 1 amide bonds. The summed E-state index contributed by atoms with van der Waals surface area (Å²) in [6.07, 6.45) is 2.67. The zero-order valence-electron chi connectivity index (χ0n) is 17.9. The molecule has 0 aliphatic carbocycles. The molecule has 0 aliphatic rings. The van der Waals surface area contributed by atoms with Crippen LogP contribution in [0.5, 0.6) is 0 Å². The molecule has 1 unspecified atom stereocenters. The van der Waals surface area contributed by atoms with Crippen molar-refractivity contribution in [3.05, 3.63) is 53.2 Å². The molecule has 3 N–H and O–H groups in total. The van der Waals surface area contributed by atoms with E-state index in [0.29, 0.717) is 11.3 Å². The van der Waals surface area contributed by atoms with Gasteiger partial charge in [-0.15, -0.1) is 3.89 Å². The average Bonchev–Trinajstić information content (AvgIpc) is 3.10. The topological polar surface area (TPSA) is 95.7 Å². The third-order valence-electron chi connectivity index (χ3n) is 5.21. The Labute approximate surface area is 183 Å². The van der Waals surface area contributed by atoms with Crippen LogP contribution in [0.25, 0.3) is 11.2 Å². The van der Waals surface area contributed by atoms with Crippen LogP contribution in [0.3, 0.4) is 0 Å². The lowest BCUT2D eigenvalue weighted by molar-refractivity contribution is 0.0911. The maximum Gasteiger partial charge on any atom is 0.255 e. The Morgan fingerprint density at radius 2 is 2.00 bits per heavy atom. The number of fused-ring (bicyclic) bond motifs is 1. The molecule has 2 aromatic heterocycles. The minimum atomic E-state index is -0.439. The van der Waals surface area contributed by atoms with Gasteiger partial charge in [0.25, 0.3) is 5.91 Å². The molecule has 0 saturated carbocycles. The minimum absolute atomic E-state index is 0.00572. The molecule has 3 aromatic rings. The molecule has 0 saturated heterocycles. The van der Waals surface area contributed by atoms with Gasteiger partial charge in [0, 0.05) is 30.5 Å². The number of hydrogen-bond donors (Lipinski definition) is 3. The van der Waals surface area contributed by atoms with Crippen LogP contribution in [-0.4, -0.2) is 38.6 Å². The number of anilines is 1. The fraction of sp³-hybridized carbons (Fsp3) is 0.333. The highest BCUT2D eigenvalue weighted by atomic mass is 32.2. The van der Waals surface area contributed by atoms with Gasteiger partial charge in [-0.25, -0.2) is 18.3 Å². The maximum atomic E-state index is 13.6. The van der Waals surface area contributed by atoms with Crippen LogP contribution >= 0.6 is 12.3 Å². The summed E-state index contributed by atoms with van der Waals surface area (Å²) in [5.74, 6) is -0.845. The standard InChI is InChI=1S/C21H24F2N6OS/c1-11(21(2,3)4)27-20(30)14-10-29(31-23)19-18(14)28-16(9-26-19)17(24)13-7-6-12(22)8-15(13)25-5/h6-11,24-25H,1-5H3,(H,27,30). The SMILES string of the molecule is CNc1cc(F)ccc1C(=N)c1cnc2c(n1)c(C(=O)NC(C)C(C)(C)C)cn2SF. The molecule has 164 valence electrons. The van der Waals surface area contributed by atoms with Gasteiger partial charge < -0.3 is 10.6 Å². The van der Waals surface area contributed by atoms with Gasteiger partial charge in [0.1, 0.15) is 17.0 Å². The predicted molar refractivity (Wildman–Crippen MR) is 120 cm³/mol. The largest absolute Gasteiger partial charge is 0.387 e. The normalized spacial score (nSPS) is 12.6. The van der Waals surface area contributed by atoms with Gasteiger partial charge in [-0.05, 0) is 30.5 Å². The smallest absolute Gasteiger partial charge is 0.255 e. The van der Waals surface area contributed by atoms with E-state index in [0.717, 1.165) is 3.97 Å². The molecule has 7 nitrogen and oxygen atoms in total. The summed E-state index contributed by atoms with van der Waals surface area (Å²) in [7, 11) is 1.62. The Balaban J connectivity index is 2.06. The highest BCUT2D eigenvalue weighted by Crippen LogP contribution is 2.26. The number of carbonyl (C=O) groups excluding carboxylic acids is 1. The Morgan fingerprint density at radius 1 is 1.29 bits per heavy atom. The Kier molecular flexibility index (Phi) is 6.30. The van der Waals surface area contributed by atoms with E-state index in [-0.39, 0.29) is 51.9 Å². The van der Waals surface area contributed by atoms with Crippen LogP contribution < -0.4 is 10.6 Å². The lowest BCUT2D eigenvalue weighted by atomic mass is 9.88. The first-order valence-electron chi connectivity index (χ1n) is 9.61. The summed E-state index contributed by atoms with van der Waals surface area (Å²) in [6.45, 7) is 7.89. The first-order chi connectivity index (χ1) is 14.6. The van der Waals surface area contributed by atoms with E-state index in [1.807, 2.05) is 27.7 Å². The van der Waals surface area contributed by atoms with E-state index < -0.39 is 11.7 Å². The van der Waals surface area contributed by atoms with Crippen LogP contribution in [-0.2, 0) is 0 Å². The quantitative estimate of drug-likeness (QED) is 0.482. The van der Waals surface area contributed by atoms with Crippen LogP contribution in [0, 0.1) is 16.6 Å². The van der Waals surface area contributed by atoms with Crippen LogP contribution in [0.1, 0.15) is 49.3 Å². The summed E-state index contributed by atoms with van der Waals surface area (Å²) in [5, 5.41) is 14.3. The summed E-state index contributed by atoms with van der Waals surface area (Å²) >= 11 is -0.0919. The molecule has 0 spiro atoms. The number of nitrogens with zero attached hydrogens (tertiary/aromatic N) is 3. The molecule has 0 radical (unpaired) electrons. The lowest BCUT2D eigenvalue weighted by Crippen LogP contribution is -2.41. The molecule has 10 heteroatoms. The van der Waals surface area contributed by atoms with Crippen molar-refractivity contribution < 1.29 is 13.1 Å². The number of nitrogens with one attached hydrogen (secondary N) is 3. The Bertz CT molecular complexity index is 1150. The number of aromatic nitrogens is 3. The van der Waals surface area contributed by atoms with Gasteiger partial charge in [0.2, 0.25) is 0 Å². The van der Waals surface area contributed by atoms with Gasteiger partial charge in [-0.3, -0.25) is 10.2 Å². The van der Waals surface area contributed by atoms with Crippen molar-refractivity contribution in [3.8, 4) is 0 Å². The second-order valence-corrected chi connectivity index (χ2v) is 8.77. The number of rotatable bonds is 6. The molecule has 3 rings (SSSR count). The lowest BCUT2D eigenvalue weighted by Gasteiger charge is -2.27. The first-order valence-corrected chi connectivity index (χ1v) is 10.3. The minimum Gasteiger partial charge on any atom is -0.387 e. The third-order valence-corrected chi connectivity index (χ3v) is 5.63. The van der Waals surface area contributed by atoms with E-state index >= 15 is 0 Å². The zero-order chi connectivity index (χ0) is 22.9. The predicted octanol–water partition coefficient (Wildman–Crippen LogP) is 4.57. The maximum absolute atomic E-state index is 13.6. The van der Waals surface area contributed by atoms with Crippen LogP contribution in [0.15, 0.2) is 30.6 Å². The van der Waals surface area contributed by atoms with E-state index in [1.165, 1.54) is 30.6 Å². The Hall–Kier alpha value is -3.01. The number of hydrogen-bond acceptors (Lipinski definition) is 6. The fourth-order valence-corrected chi connectivity index (χ4v) is 3.22. The van der Waals surface area contributed by atoms with E-state index in [2.05, 4.69) is 20.6 Å². The van der Waals surface area contributed by atoms with Crippen LogP contribution in [0.4, 0.5) is 14.0 Å². The Morgan fingerprint density at radius 3 is 2.61 bits per heavy atom. The van der Waals surface area contributed by atoms with Crippen molar-refractivity contribution in [2.24, 2.45) is 5.41 Å². The van der Waals surface area contributed by atoms with Crippen molar-refractivity contribution in [3.63, 3.8) is 0 Å². The van der Waals surface area contributed by atoms with Gasteiger partial charge in [-0.2, -0.15) is 0 Å². The average molecular weight is 447 g/mol. The molecule has 0 aliphatic heterocycles. The highest BCUT2D eigenvalue weighted by Gasteiger charge is 2.26. The van der Waals surface area contributed by atoms with E-state index in [9.17, 15) is 13.1 Å². The summed E-state index contributed by atoms with van der Waals surface area (Å²) in [6, 6.07) is 3.85. The second kappa shape index (κ2) is 8.62. The fourth-order valence-electron chi connectivity index (χ4n) is 2.87. The molecule has 1 aromatic carbocycles. The molecule has 0 bridgehead atoms. The number of carbonyl (C=O) groups is 1. The van der Waals surface area contributed by atoms with Gasteiger partial charge >= 0.3 is 0 Å². The number of amides is 1. The third kappa shape index (κ3) is 4.53. The number of benzene rings is 1. The van der Waals surface area contributed by atoms with Crippen molar-refractivity contribution in [2.45, 2.75) is 33.7 Å².